The average Bonchev–Trinajstić information content (AvgIpc) is 2.76. The van der Waals surface area contributed by atoms with Gasteiger partial charge in [0.15, 0.2) is 17.2 Å². The minimum absolute atomic E-state index is 0.0757. The second-order valence-electron chi connectivity index (χ2n) is 7.69. The SMILES string of the molecule is CCC(C)C(=O)C1=C(O)[C@](O)([C@H](O)CC=C(C)C)C(CC=C(C)C)C1=O. The van der Waals surface area contributed by atoms with Crippen LogP contribution in [0.2, 0.25) is 0 Å². The molecule has 2 unspecified atom stereocenters. The summed E-state index contributed by atoms with van der Waals surface area (Å²) < 4.78 is 0. The highest BCUT2D eigenvalue weighted by molar-refractivity contribution is 6.24. The summed E-state index contributed by atoms with van der Waals surface area (Å²) >= 11 is 0. The molecule has 5 heteroatoms. The van der Waals surface area contributed by atoms with Crippen LogP contribution in [0.5, 0.6) is 0 Å². The number of rotatable bonds is 8. The zero-order valence-electron chi connectivity index (χ0n) is 16.7. The molecule has 0 saturated carbocycles. The maximum atomic E-state index is 12.9. The van der Waals surface area contributed by atoms with E-state index in [0.717, 1.165) is 11.1 Å². The van der Waals surface area contributed by atoms with Gasteiger partial charge in [-0.25, -0.2) is 0 Å². The molecule has 26 heavy (non-hydrogen) atoms. The Morgan fingerprint density at radius 2 is 1.73 bits per heavy atom. The first-order valence-corrected chi connectivity index (χ1v) is 9.17. The van der Waals surface area contributed by atoms with Crippen molar-refractivity contribution in [2.24, 2.45) is 11.8 Å². The summed E-state index contributed by atoms with van der Waals surface area (Å²) in [5.74, 6) is -3.29. The van der Waals surface area contributed by atoms with Crippen LogP contribution in [0.1, 0.15) is 60.8 Å². The van der Waals surface area contributed by atoms with Crippen molar-refractivity contribution in [1.82, 2.24) is 0 Å². The predicted molar refractivity (Wildman–Crippen MR) is 102 cm³/mol. The van der Waals surface area contributed by atoms with Crippen molar-refractivity contribution < 1.29 is 24.9 Å². The van der Waals surface area contributed by atoms with E-state index in [0.29, 0.717) is 6.42 Å². The third kappa shape index (κ3) is 4.33. The van der Waals surface area contributed by atoms with Crippen molar-refractivity contribution in [2.75, 3.05) is 0 Å². The van der Waals surface area contributed by atoms with E-state index in [1.54, 1.807) is 19.1 Å². The van der Waals surface area contributed by atoms with E-state index in [9.17, 15) is 24.9 Å². The second kappa shape index (κ2) is 8.78. The molecule has 0 aromatic heterocycles. The number of aliphatic hydroxyl groups excluding tert-OH is 2. The average molecular weight is 364 g/mol. The van der Waals surface area contributed by atoms with Gasteiger partial charge in [-0.05, 0) is 47.0 Å². The van der Waals surface area contributed by atoms with Gasteiger partial charge in [0.05, 0.1) is 12.0 Å². The second-order valence-corrected chi connectivity index (χ2v) is 7.69. The molecule has 0 bridgehead atoms. The molecular formula is C21H32O5. The minimum Gasteiger partial charge on any atom is -0.508 e. The summed E-state index contributed by atoms with van der Waals surface area (Å²) in [5, 5.41) is 32.4. The van der Waals surface area contributed by atoms with Gasteiger partial charge >= 0.3 is 0 Å². The lowest BCUT2D eigenvalue weighted by molar-refractivity contribution is -0.134. The van der Waals surface area contributed by atoms with E-state index in [2.05, 4.69) is 0 Å². The van der Waals surface area contributed by atoms with Crippen LogP contribution in [-0.2, 0) is 9.59 Å². The van der Waals surface area contributed by atoms with E-state index >= 15 is 0 Å². The van der Waals surface area contributed by atoms with Crippen LogP contribution in [0, 0.1) is 11.8 Å². The molecule has 0 heterocycles. The van der Waals surface area contributed by atoms with Gasteiger partial charge in [-0.3, -0.25) is 9.59 Å². The van der Waals surface area contributed by atoms with E-state index < -0.39 is 40.9 Å². The van der Waals surface area contributed by atoms with Gasteiger partial charge < -0.3 is 15.3 Å². The molecule has 1 rings (SSSR count). The topological polar surface area (TPSA) is 94.8 Å². The summed E-state index contributed by atoms with van der Waals surface area (Å²) in [6.07, 6.45) is 2.84. The number of hydrogen-bond acceptors (Lipinski definition) is 5. The molecule has 1 aliphatic rings. The summed E-state index contributed by atoms with van der Waals surface area (Å²) in [6.45, 7) is 10.9. The Morgan fingerprint density at radius 1 is 1.19 bits per heavy atom. The van der Waals surface area contributed by atoms with Gasteiger partial charge in [0.25, 0.3) is 0 Å². The van der Waals surface area contributed by atoms with Crippen molar-refractivity contribution in [3.05, 3.63) is 34.6 Å². The smallest absolute Gasteiger partial charge is 0.176 e. The third-order valence-electron chi connectivity index (χ3n) is 5.04. The fraction of sp³-hybridized carbons (Fsp3) is 0.619. The van der Waals surface area contributed by atoms with Gasteiger partial charge in [-0.1, -0.05) is 37.1 Å². The van der Waals surface area contributed by atoms with Crippen LogP contribution in [0.3, 0.4) is 0 Å². The van der Waals surface area contributed by atoms with Crippen molar-refractivity contribution in [3.8, 4) is 0 Å². The van der Waals surface area contributed by atoms with Crippen molar-refractivity contribution in [2.45, 2.75) is 72.5 Å². The number of carbonyl (C=O) groups excluding carboxylic acids is 2. The standard InChI is InChI=1S/C21H32O5/c1-7-14(6)18(23)17-19(24)15(10-8-12(2)3)21(26,20(17)25)16(22)11-9-13(4)5/h8-9,14-16,22,25-26H,7,10-11H2,1-6H3/t14?,15?,16-,21-/m1/s1. The largest absolute Gasteiger partial charge is 0.508 e. The van der Waals surface area contributed by atoms with Crippen molar-refractivity contribution in [1.29, 1.82) is 0 Å². The molecule has 3 N–H and O–H groups in total. The normalized spacial score (nSPS) is 25.1. The van der Waals surface area contributed by atoms with E-state index in [1.807, 2.05) is 34.6 Å². The molecule has 4 atom stereocenters. The number of Topliss-reactive ketones (excluding diaryl/α,β-unsaturated/α-hetero) is 2. The Labute approximate surface area is 156 Å². The number of aliphatic hydroxyl groups is 3. The number of hydrogen-bond donors (Lipinski definition) is 3. The van der Waals surface area contributed by atoms with Crippen LogP contribution in [0.4, 0.5) is 0 Å². The summed E-state index contributed by atoms with van der Waals surface area (Å²) in [6, 6.07) is 0. The van der Waals surface area contributed by atoms with Crippen LogP contribution >= 0.6 is 0 Å². The van der Waals surface area contributed by atoms with Gasteiger partial charge in [-0.2, -0.15) is 0 Å². The molecule has 0 aromatic carbocycles. The lowest BCUT2D eigenvalue weighted by Crippen LogP contribution is -2.49. The monoisotopic (exact) mass is 364 g/mol. The van der Waals surface area contributed by atoms with Crippen molar-refractivity contribution in [3.63, 3.8) is 0 Å². The first kappa shape index (κ1) is 22.3. The van der Waals surface area contributed by atoms with E-state index in [1.165, 1.54) is 0 Å². The Balaban J connectivity index is 3.43. The maximum Gasteiger partial charge on any atom is 0.176 e. The van der Waals surface area contributed by atoms with Crippen LogP contribution in [0.15, 0.2) is 34.6 Å². The Bertz CT molecular complexity index is 647. The lowest BCUT2D eigenvalue weighted by atomic mass is 9.80. The molecule has 0 fully saturated rings. The molecule has 5 nitrogen and oxygen atoms in total. The first-order chi connectivity index (χ1) is 12.0. The molecule has 0 spiro atoms. The van der Waals surface area contributed by atoms with E-state index in [4.69, 9.17) is 0 Å². The highest BCUT2D eigenvalue weighted by Gasteiger charge is 2.58. The number of ketones is 2. The molecular weight excluding hydrogens is 332 g/mol. The highest BCUT2D eigenvalue weighted by atomic mass is 16.4. The van der Waals surface area contributed by atoms with Crippen LogP contribution in [-0.4, -0.2) is 38.6 Å². The summed E-state index contributed by atoms with van der Waals surface area (Å²) in [5.41, 5.74) is -0.629. The quantitative estimate of drug-likeness (QED) is 0.453. The zero-order chi connectivity index (χ0) is 20.2. The lowest BCUT2D eigenvalue weighted by Gasteiger charge is -2.33. The van der Waals surface area contributed by atoms with Gasteiger partial charge in [-0.15, -0.1) is 0 Å². The molecule has 0 aromatic rings. The van der Waals surface area contributed by atoms with Gasteiger partial charge in [0.1, 0.15) is 11.3 Å². The number of allylic oxidation sites excluding steroid dienone is 4. The van der Waals surface area contributed by atoms with Gasteiger partial charge in [0, 0.05) is 5.92 Å². The van der Waals surface area contributed by atoms with Crippen LogP contribution in [0.25, 0.3) is 0 Å². The Kier molecular flexibility index (Phi) is 7.54. The fourth-order valence-corrected chi connectivity index (χ4v) is 3.08. The Hall–Kier alpha value is -1.72. The summed E-state index contributed by atoms with van der Waals surface area (Å²) in [7, 11) is 0. The molecule has 146 valence electrons. The molecule has 1 aliphatic carbocycles. The van der Waals surface area contributed by atoms with Gasteiger partial charge in [0.2, 0.25) is 0 Å². The molecule has 0 radical (unpaired) electrons. The van der Waals surface area contributed by atoms with Crippen LogP contribution < -0.4 is 0 Å². The molecule has 0 amide bonds. The first-order valence-electron chi connectivity index (χ1n) is 9.17. The van der Waals surface area contributed by atoms with E-state index in [-0.39, 0.29) is 18.4 Å². The van der Waals surface area contributed by atoms with Crippen molar-refractivity contribution >= 4 is 11.6 Å². The molecule has 0 saturated heterocycles. The maximum absolute atomic E-state index is 12.9. The highest BCUT2D eigenvalue weighted by Crippen LogP contribution is 2.43. The Morgan fingerprint density at radius 3 is 2.19 bits per heavy atom. The molecule has 0 aliphatic heterocycles. The summed E-state index contributed by atoms with van der Waals surface area (Å²) in [4.78, 5) is 25.5. The minimum atomic E-state index is -2.16. The zero-order valence-corrected chi connectivity index (χ0v) is 16.7. The third-order valence-corrected chi connectivity index (χ3v) is 5.04. The predicted octanol–water partition coefficient (Wildman–Crippen LogP) is 3.42. The number of carbonyl (C=O) groups is 2. The fourth-order valence-electron chi connectivity index (χ4n) is 3.08.